The smallest absolute Gasteiger partial charge is 0.0483 e. The minimum absolute atomic E-state index is 0.253. The van der Waals surface area contributed by atoms with Gasteiger partial charge in [-0.05, 0) is 12.5 Å². The first-order valence-corrected chi connectivity index (χ1v) is 7.44. The third kappa shape index (κ3) is 6.04. The molecule has 0 aromatic carbocycles. The van der Waals surface area contributed by atoms with Crippen molar-refractivity contribution in [2.75, 3.05) is 6.61 Å². The molecule has 0 aliphatic rings. The average Bonchev–Trinajstić information content (AvgIpc) is 1.59. The van der Waals surface area contributed by atoms with Crippen molar-refractivity contribution in [3.63, 3.8) is 0 Å². The Bertz CT molecular complexity index is 113. The van der Waals surface area contributed by atoms with E-state index in [1.54, 1.807) is 0 Å². The van der Waals surface area contributed by atoms with E-state index in [-0.39, 0.29) is 6.61 Å². The number of hydrogen-bond acceptors (Lipinski definition) is 1. The molecule has 0 saturated carbocycles. The van der Waals surface area contributed by atoms with Crippen LogP contribution < -0.4 is 0 Å². The van der Waals surface area contributed by atoms with Crippen LogP contribution in [0.3, 0.4) is 0 Å². The van der Waals surface area contributed by atoms with Crippen molar-refractivity contribution in [1.82, 2.24) is 0 Å². The number of aliphatic hydroxyl groups excluding tert-OH is 1. The summed E-state index contributed by atoms with van der Waals surface area (Å²) in [5.74, 6) is 0. The van der Waals surface area contributed by atoms with Gasteiger partial charge in [-0.3, -0.25) is 0 Å². The van der Waals surface area contributed by atoms with E-state index in [9.17, 15) is 0 Å². The summed E-state index contributed by atoms with van der Waals surface area (Å²) in [5.41, 5.74) is 1.21. The molecule has 0 amide bonds. The molecular weight excluding hydrogens is 140 g/mol. The van der Waals surface area contributed by atoms with Gasteiger partial charge >= 0.3 is 0 Å². The lowest BCUT2D eigenvalue weighted by atomic mass is 10.3. The average molecular weight is 158 g/mol. The van der Waals surface area contributed by atoms with Gasteiger partial charge in [-0.25, -0.2) is 0 Å². The molecular formula is C8H18OSi. The largest absolute Gasteiger partial charge is 0.396 e. The number of aliphatic hydroxyl groups is 1. The summed E-state index contributed by atoms with van der Waals surface area (Å²) in [7, 11) is -0.968. The van der Waals surface area contributed by atoms with Gasteiger partial charge in [-0.15, -0.1) is 6.58 Å². The lowest BCUT2D eigenvalue weighted by molar-refractivity contribution is 0.299. The fourth-order valence-corrected chi connectivity index (χ4v) is 2.67. The van der Waals surface area contributed by atoms with Crippen LogP contribution in [-0.4, -0.2) is 19.8 Å². The summed E-state index contributed by atoms with van der Waals surface area (Å²) in [6.07, 6.45) is 0.782. The maximum atomic E-state index is 8.59. The van der Waals surface area contributed by atoms with E-state index in [0.29, 0.717) is 0 Å². The molecule has 10 heavy (non-hydrogen) atoms. The lowest BCUT2D eigenvalue weighted by Crippen LogP contribution is -2.19. The predicted molar refractivity (Wildman–Crippen MR) is 49.0 cm³/mol. The standard InChI is InChI=1S/C8H18OSi/c1-8(5-6-9)7-10(2,3)4/h9H,1,5-7H2,2-4H3. The molecule has 0 aliphatic carbocycles. The monoisotopic (exact) mass is 158 g/mol. The van der Waals surface area contributed by atoms with E-state index in [2.05, 4.69) is 26.2 Å². The van der Waals surface area contributed by atoms with Crippen LogP contribution in [0.15, 0.2) is 12.2 Å². The van der Waals surface area contributed by atoms with E-state index >= 15 is 0 Å². The SMILES string of the molecule is C=C(CCO)C[Si](C)(C)C. The number of hydrogen-bond donors (Lipinski definition) is 1. The Morgan fingerprint density at radius 3 is 2.20 bits per heavy atom. The van der Waals surface area contributed by atoms with Crippen LogP contribution in [0.25, 0.3) is 0 Å². The molecule has 0 spiro atoms. The third-order valence-corrected chi connectivity index (χ3v) is 2.81. The van der Waals surface area contributed by atoms with Crippen LogP contribution in [0.2, 0.25) is 25.7 Å². The molecule has 0 fully saturated rings. The van der Waals surface area contributed by atoms with Crippen LogP contribution in [0.5, 0.6) is 0 Å². The number of rotatable bonds is 4. The van der Waals surface area contributed by atoms with Crippen molar-refractivity contribution >= 4 is 8.07 Å². The maximum Gasteiger partial charge on any atom is 0.0483 e. The normalized spacial score (nSPS) is 11.6. The Balaban J connectivity index is 3.58. The molecule has 0 saturated heterocycles. The lowest BCUT2D eigenvalue weighted by Gasteiger charge is -2.16. The molecule has 60 valence electrons. The summed E-state index contributed by atoms with van der Waals surface area (Å²) in [5, 5.41) is 8.59. The van der Waals surface area contributed by atoms with Gasteiger partial charge < -0.3 is 5.11 Å². The summed E-state index contributed by atoms with van der Waals surface area (Å²) >= 11 is 0. The van der Waals surface area contributed by atoms with E-state index in [1.807, 2.05) is 0 Å². The van der Waals surface area contributed by atoms with Crippen molar-refractivity contribution in [3.8, 4) is 0 Å². The van der Waals surface area contributed by atoms with Crippen LogP contribution in [0.1, 0.15) is 6.42 Å². The van der Waals surface area contributed by atoms with E-state index in [4.69, 9.17) is 5.11 Å². The quantitative estimate of drug-likeness (QED) is 0.491. The fourth-order valence-electron chi connectivity index (χ4n) is 0.997. The van der Waals surface area contributed by atoms with Crippen molar-refractivity contribution in [2.45, 2.75) is 32.1 Å². The fraction of sp³-hybridized carbons (Fsp3) is 0.750. The molecule has 0 aromatic rings. The van der Waals surface area contributed by atoms with E-state index in [0.717, 1.165) is 12.5 Å². The second-order valence-corrected chi connectivity index (χ2v) is 9.44. The zero-order valence-electron chi connectivity index (χ0n) is 7.28. The summed E-state index contributed by atoms with van der Waals surface area (Å²) < 4.78 is 0. The van der Waals surface area contributed by atoms with Gasteiger partial charge in [0.05, 0.1) is 0 Å². The Morgan fingerprint density at radius 1 is 1.40 bits per heavy atom. The minimum atomic E-state index is -0.968. The Labute approximate surface area is 64.8 Å². The first-order valence-electron chi connectivity index (χ1n) is 3.73. The zero-order chi connectivity index (χ0) is 8.20. The maximum absolute atomic E-state index is 8.59. The molecule has 1 N–H and O–H groups in total. The van der Waals surface area contributed by atoms with Crippen LogP contribution >= 0.6 is 0 Å². The van der Waals surface area contributed by atoms with E-state index in [1.165, 1.54) is 5.57 Å². The van der Waals surface area contributed by atoms with Gasteiger partial charge in [0, 0.05) is 14.7 Å². The molecule has 0 heterocycles. The molecule has 1 nitrogen and oxygen atoms in total. The molecule has 0 unspecified atom stereocenters. The van der Waals surface area contributed by atoms with Crippen molar-refractivity contribution in [1.29, 1.82) is 0 Å². The first-order chi connectivity index (χ1) is 4.45. The third-order valence-electron chi connectivity index (χ3n) is 1.25. The zero-order valence-corrected chi connectivity index (χ0v) is 8.28. The Morgan fingerprint density at radius 2 is 1.90 bits per heavy atom. The predicted octanol–water partition coefficient (Wildman–Crippen LogP) is 2.26. The van der Waals surface area contributed by atoms with Gasteiger partial charge in [-0.2, -0.15) is 0 Å². The topological polar surface area (TPSA) is 20.2 Å². The molecule has 0 atom stereocenters. The summed E-state index contributed by atoms with van der Waals surface area (Å²) in [6.45, 7) is 11.1. The summed E-state index contributed by atoms with van der Waals surface area (Å²) in [6, 6.07) is 1.15. The van der Waals surface area contributed by atoms with Gasteiger partial charge in [0.1, 0.15) is 0 Å². The molecule has 0 aliphatic heterocycles. The molecule has 0 rings (SSSR count). The van der Waals surface area contributed by atoms with Crippen molar-refractivity contribution in [3.05, 3.63) is 12.2 Å². The second kappa shape index (κ2) is 3.94. The van der Waals surface area contributed by atoms with Gasteiger partial charge in [0.15, 0.2) is 0 Å². The van der Waals surface area contributed by atoms with E-state index < -0.39 is 8.07 Å². The Kier molecular flexibility index (Phi) is 3.90. The van der Waals surface area contributed by atoms with Gasteiger partial charge in [0.25, 0.3) is 0 Å². The van der Waals surface area contributed by atoms with Gasteiger partial charge in [-0.1, -0.05) is 25.2 Å². The highest BCUT2D eigenvalue weighted by Crippen LogP contribution is 2.16. The van der Waals surface area contributed by atoms with Crippen molar-refractivity contribution in [2.24, 2.45) is 0 Å². The van der Waals surface area contributed by atoms with Gasteiger partial charge in [0.2, 0.25) is 0 Å². The first kappa shape index (κ1) is 9.92. The molecule has 0 radical (unpaired) electrons. The van der Waals surface area contributed by atoms with Crippen LogP contribution in [0, 0.1) is 0 Å². The minimum Gasteiger partial charge on any atom is -0.396 e. The van der Waals surface area contributed by atoms with Crippen LogP contribution in [-0.2, 0) is 0 Å². The van der Waals surface area contributed by atoms with Crippen molar-refractivity contribution < 1.29 is 5.11 Å². The van der Waals surface area contributed by atoms with Crippen LogP contribution in [0.4, 0.5) is 0 Å². The highest BCUT2D eigenvalue weighted by Gasteiger charge is 2.13. The highest BCUT2D eigenvalue weighted by atomic mass is 28.3. The molecule has 2 heteroatoms. The molecule has 0 aromatic heterocycles. The summed E-state index contributed by atoms with van der Waals surface area (Å²) in [4.78, 5) is 0. The highest BCUT2D eigenvalue weighted by molar-refractivity contribution is 6.76. The second-order valence-electron chi connectivity index (χ2n) is 3.96. The molecule has 0 bridgehead atoms. The Hall–Kier alpha value is -0.0831.